The summed E-state index contributed by atoms with van der Waals surface area (Å²) >= 11 is 4.23. The minimum atomic E-state index is -6.53. The lowest BCUT2D eigenvalue weighted by atomic mass is 10.1. The number of halogens is 2. The van der Waals surface area contributed by atoms with Crippen molar-refractivity contribution in [2.75, 3.05) is 6.61 Å². The van der Waals surface area contributed by atoms with Gasteiger partial charge in [-0.15, -0.1) is 0 Å². The molecular weight excluding hydrogens is 513 g/mol. The maximum Gasteiger partial charge on any atom is 0.444 e. The summed E-state index contributed by atoms with van der Waals surface area (Å²) in [4.78, 5) is 63.6. The number of rotatable bonds is 8. The van der Waals surface area contributed by atoms with Gasteiger partial charge in [-0.3, -0.25) is 27.8 Å². The summed E-state index contributed by atoms with van der Waals surface area (Å²) in [5.41, 5.74) is 4.58. The monoisotopic (exact) mass is 530 g/mol. The van der Waals surface area contributed by atoms with E-state index in [0.717, 1.165) is 4.57 Å². The predicted molar refractivity (Wildman–Crippen MR) is 101 cm³/mol. The molecule has 1 aliphatic heterocycles. The lowest BCUT2D eigenvalue weighted by Gasteiger charge is -2.32. The van der Waals surface area contributed by atoms with E-state index in [1.807, 2.05) is 4.98 Å². The summed E-state index contributed by atoms with van der Waals surface area (Å²) in [6.07, 6.45) is -0.948. The molecule has 0 bridgehead atoms. The summed E-state index contributed by atoms with van der Waals surface area (Å²) < 4.78 is 63.9. The van der Waals surface area contributed by atoms with Crippen molar-refractivity contribution in [3.8, 4) is 0 Å². The van der Waals surface area contributed by atoms with Gasteiger partial charge in [0, 0.05) is 24.2 Å². The van der Waals surface area contributed by atoms with Gasteiger partial charge in [0.25, 0.3) is 5.56 Å². The molecule has 0 aromatic carbocycles. The Balaban J connectivity index is 2.09. The van der Waals surface area contributed by atoms with Crippen LogP contribution in [0.15, 0.2) is 15.8 Å². The Kier molecular flexibility index (Phi) is 7.66. The van der Waals surface area contributed by atoms with Gasteiger partial charge in [0.2, 0.25) is 0 Å². The number of hydrogen-bond donors (Lipinski definition) is 5. The first kappa shape index (κ1) is 26.6. The van der Waals surface area contributed by atoms with E-state index in [2.05, 4.69) is 20.6 Å². The first-order valence-corrected chi connectivity index (χ1v) is 13.8. The summed E-state index contributed by atoms with van der Waals surface area (Å²) in [6, 6.07) is -0.878. The second-order valence-corrected chi connectivity index (χ2v) is 13.2. The van der Waals surface area contributed by atoms with Crippen molar-refractivity contribution >= 4 is 33.7 Å². The van der Waals surface area contributed by atoms with E-state index >= 15 is 0 Å². The normalized spacial score (nSPS) is 26.4. The standard InChI is InChI=1S/C11H18F2N3O11P3S/c1-5-3-16(10(18)15-9(5)17)8-2-6(14)7(26-8)4-25-30(24,31)27-29(22,23)11(12,13)28(19,20)21/h3,6-8H,2,4,14H2,1H3,(H,22,23)(H,24,31)(H,15,17,18)(H2,19,20,21)/p-1/t6-,7+,8+,30?/m0/s1. The molecular formula is C11H17F2N3O11P3S-. The van der Waals surface area contributed by atoms with Crippen LogP contribution in [0.1, 0.15) is 18.2 Å². The van der Waals surface area contributed by atoms with Gasteiger partial charge in [-0.1, -0.05) is 11.8 Å². The lowest BCUT2D eigenvalue weighted by Crippen LogP contribution is -2.34. The van der Waals surface area contributed by atoms with Gasteiger partial charge in [0.1, 0.15) is 12.9 Å². The molecule has 1 aromatic heterocycles. The van der Waals surface area contributed by atoms with Crippen LogP contribution in [0, 0.1) is 6.92 Å². The summed E-state index contributed by atoms with van der Waals surface area (Å²) in [7, 11) is -13.0. The van der Waals surface area contributed by atoms with Crippen LogP contribution in [0.2, 0.25) is 0 Å². The van der Waals surface area contributed by atoms with Crippen molar-refractivity contribution < 1.29 is 51.1 Å². The minimum absolute atomic E-state index is 0.00320. The Morgan fingerprint density at radius 1 is 1.42 bits per heavy atom. The second-order valence-electron chi connectivity index (χ2n) is 6.41. The third-order valence-corrected chi connectivity index (χ3v) is 10.0. The number of nitrogens with one attached hydrogen (secondary N) is 1. The highest BCUT2D eigenvalue weighted by Gasteiger charge is 2.65. The quantitative estimate of drug-likeness (QED) is 0.254. The molecule has 0 spiro atoms. The Labute approximate surface area is 176 Å². The van der Waals surface area contributed by atoms with Gasteiger partial charge < -0.3 is 34.6 Å². The fraction of sp³-hybridized carbons (Fsp3) is 0.636. The van der Waals surface area contributed by atoms with E-state index in [0.29, 0.717) is 0 Å². The van der Waals surface area contributed by atoms with Crippen molar-refractivity contribution in [2.24, 2.45) is 5.73 Å². The van der Waals surface area contributed by atoms with Crippen molar-refractivity contribution in [1.29, 1.82) is 0 Å². The SMILES string of the molecule is Cc1cn([C@H]2C[C@H](N)[C@@H](COP([O-])(=S)OP(=O)(O)C(F)(F)P(=O)(O)O)O2)c(=O)[nH]c1=O. The van der Waals surface area contributed by atoms with Gasteiger partial charge in [-0.25, -0.2) is 4.79 Å². The van der Waals surface area contributed by atoms with Gasteiger partial charge >= 0.3 is 26.3 Å². The van der Waals surface area contributed by atoms with Crippen LogP contribution < -0.4 is 21.9 Å². The molecule has 1 fully saturated rings. The molecule has 0 saturated carbocycles. The lowest BCUT2D eigenvalue weighted by molar-refractivity contribution is -0.202. The molecule has 20 heteroatoms. The van der Waals surface area contributed by atoms with Crippen LogP contribution in [0.5, 0.6) is 0 Å². The van der Waals surface area contributed by atoms with E-state index < -0.39 is 63.5 Å². The number of nitrogens with two attached hydrogens (primary N) is 1. The van der Waals surface area contributed by atoms with E-state index in [4.69, 9.17) is 20.3 Å². The largest absolute Gasteiger partial charge is 0.779 e. The topological polar surface area (TPSA) is 226 Å². The first-order chi connectivity index (χ1) is 13.9. The summed E-state index contributed by atoms with van der Waals surface area (Å²) in [5.74, 6) is 0. The van der Waals surface area contributed by atoms with E-state index in [1.54, 1.807) is 0 Å². The molecule has 1 aromatic rings. The van der Waals surface area contributed by atoms with Crippen LogP contribution in [-0.4, -0.2) is 48.4 Å². The molecule has 0 amide bonds. The molecule has 6 N–H and O–H groups in total. The number of aromatic nitrogens is 2. The molecule has 5 atom stereocenters. The summed E-state index contributed by atoms with van der Waals surface area (Å²) in [5, 5.41) is -5.59. The molecule has 31 heavy (non-hydrogen) atoms. The average Bonchev–Trinajstić information content (AvgIpc) is 2.95. The zero-order valence-electron chi connectivity index (χ0n) is 15.4. The molecule has 1 aliphatic rings. The highest BCUT2D eigenvalue weighted by molar-refractivity contribution is 8.08. The first-order valence-electron chi connectivity index (χ1n) is 8.04. The Hall–Kier alpha value is -0.670. The Morgan fingerprint density at radius 2 is 2.00 bits per heavy atom. The molecule has 178 valence electrons. The van der Waals surface area contributed by atoms with Gasteiger partial charge in [-0.2, -0.15) is 8.78 Å². The number of H-pyrrole nitrogens is 1. The van der Waals surface area contributed by atoms with Gasteiger partial charge in [0.05, 0.1) is 12.7 Å². The molecule has 2 heterocycles. The average molecular weight is 530 g/mol. The van der Waals surface area contributed by atoms with Crippen LogP contribution >= 0.6 is 21.9 Å². The third-order valence-electron chi connectivity index (χ3n) is 4.04. The molecule has 14 nitrogen and oxygen atoms in total. The smallest absolute Gasteiger partial charge is 0.444 e. The number of ether oxygens (including phenoxy) is 1. The zero-order valence-corrected chi connectivity index (χ0v) is 18.9. The maximum atomic E-state index is 13.5. The Morgan fingerprint density at radius 3 is 2.55 bits per heavy atom. The van der Waals surface area contributed by atoms with Crippen molar-refractivity contribution in [1.82, 2.24) is 9.55 Å². The Bertz CT molecular complexity index is 1100. The van der Waals surface area contributed by atoms with Crippen LogP contribution in [0.25, 0.3) is 0 Å². The van der Waals surface area contributed by atoms with Crippen LogP contribution in [0.4, 0.5) is 8.78 Å². The molecule has 2 unspecified atom stereocenters. The molecule has 0 aliphatic carbocycles. The highest BCUT2D eigenvalue weighted by atomic mass is 32.5. The maximum absolute atomic E-state index is 13.5. The second kappa shape index (κ2) is 8.93. The van der Waals surface area contributed by atoms with E-state index in [-0.39, 0.29) is 12.0 Å². The van der Waals surface area contributed by atoms with Gasteiger partial charge in [-0.05, 0) is 6.92 Å². The number of aromatic amines is 1. The van der Waals surface area contributed by atoms with Gasteiger partial charge in [0.15, 0.2) is 0 Å². The zero-order chi connectivity index (χ0) is 24.0. The van der Waals surface area contributed by atoms with Crippen molar-refractivity contribution in [3.05, 3.63) is 32.6 Å². The summed E-state index contributed by atoms with van der Waals surface area (Å²) in [6.45, 7) is -4.56. The van der Waals surface area contributed by atoms with Crippen molar-refractivity contribution in [3.63, 3.8) is 0 Å². The number of aryl methyl sites for hydroxylation is 1. The fourth-order valence-electron chi connectivity index (χ4n) is 2.42. The number of nitrogens with zero attached hydrogens (tertiary/aromatic N) is 1. The number of hydrogen-bond acceptors (Lipinski definition) is 10. The van der Waals surface area contributed by atoms with E-state index in [9.17, 15) is 37.3 Å². The molecule has 1 saturated heterocycles. The van der Waals surface area contributed by atoms with Crippen LogP contribution in [-0.2, 0) is 34.5 Å². The minimum Gasteiger partial charge on any atom is -0.779 e. The third kappa shape index (κ3) is 5.82. The molecule has 0 radical (unpaired) electrons. The molecule has 2 rings (SSSR count). The predicted octanol–water partition coefficient (Wildman–Crippen LogP) is -1.01. The van der Waals surface area contributed by atoms with Crippen LogP contribution in [0.3, 0.4) is 0 Å². The highest BCUT2D eigenvalue weighted by Crippen LogP contribution is 2.76. The fourth-order valence-corrected chi connectivity index (χ4v) is 7.06. The number of alkyl halides is 2. The van der Waals surface area contributed by atoms with E-state index in [1.165, 1.54) is 13.1 Å². The van der Waals surface area contributed by atoms with Crippen molar-refractivity contribution in [2.45, 2.75) is 37.1 Å².